The van der Waals surface area contributed by atoms with E-state index in [2.05, 4.69) is 46.3 Å². The van der Waals surface area contributed by atoms with Gasteiger partial charge in [-0.15, -0.1) is 10.2 Å². The zero-order valence-corrected chi connectivity index (χ0v) is 11.4. The van der Waals surface area contributed by atoms with Crippen molar-refractivity contribution in [3.8, 4) is 0 Å². The first-order valence-electron chi connectivity index (χ1n) is 6.20. The van der Waals surface area contributed by atoms with E-state index in [0.717, 1.165) is 30.4 Å². The van der Waals surface area contributed by atoms with Crippen molar-refractivity contribution >= 4 is 11.5 Å². The van der Waals surface area contributed by atoms with E-state index in [1.165, 1.54) is 0 Å². The minimum Gasteiger partial charge on any atom is -0.366 e. The Morgan fingerprint density at radius 3 is 2.89 bits per heavy atom. The molecule has 0 aliphatic carbocycles. The Morgan fingerprint density at radius 1 is 1.39 bits per heavy atom. The second kappa shape index (κ2) is 5.30. The summed E-state index contributed by atoms with van der Waals surface area (Å²) < 4.78 is 1.93. The zero-order valence-electron chi connectivity index (χ0n) is 11.4. The highest BCUT2D eigenvalue weighted by molar-refractivity contribution is 5.61. The van der Waals surface area contributed by atoms with Gasteiger partial charge < -0.3 is 10.2 Å². The van der Waals surface area contributed by atoms with Crippen molar-refractivity contribution in [2.24, 2.45) is 0 Å². The summed E-state index contributed by atoms with van der Waals surface area (Å²) in [4.78, 5) is 6.59. The Labute approximate surface area is 107 Å². The monoisotopic (exact) mass is 248 g/mol. The fourth-order valence-electron chi connectivity index (χ4n) is 1.68. The van der Waals surface area contributed by atoms with E-state index >= 15 is 0 Å². The Morgan fingerprint density at radius 2 is 2.17 bits per heavy atom. The molecule has 0 aliphatic heterocycles. The number of anilines is 1. The Kier molecular flexibility index (Phi) is 3.76. The molecule has 0 spiro atoms. The first-order valence-corrected chi connectivity index (χ1v) is 6.20. The molecule has 2 heterocycles. The van der Waals surface area contributed by atoms with Gasteiger partial charge in [0, 0.05) is 31.5 Å². The maximum absolute atomic E-state index is 4.31. The van der Waals surface area contributed by atoms with Gasteiger partial charge in [0.05, 0.1) is 0 Å². The van der Waals surface area contributed by atoms with Gasteiger partial charge in [0.15, 0.2) is 5.82 Å². The molecular formula is C12H20N6. The van der Waals surface area contributed by atoms with Crippen LogP contribution in [0.25, 0.3) is 5.65 Å². The number of nitrogens with zero attached hydrogens (tertiary/aromatic N) is 5. The third-order valence-corrected chi connectivity index (χ3v) is 3.14. The van der Waals surface area contributed by atoms with Crippen molar-refractivity contribution in [2.45, 2.75) is 26.8 Å². The van der Waals surface area contributed by atoms with Crippen LogP contribution < -0.4 is 5.32 Å². The third-order valence-electron chi connectivity index (χ3n) is 3.14. The average Bonchev–Trinajstić information content (AvgIpc) is 2.72. The van der Waals surface area contributed by atoms with Crippen LogP contribution in [-0.4, -0.2) is 50.7 Å². The van der Waals surface area contributed by atoms with E-state index in [1.54, 1.807) is 6.20 Å². The molecule has 0 radical (unpaired) electrons. The Hall–Kier alpha value is -1.69. The number of nitrogens with one attached hydrogen (secondary N) is 1. The van der Waals surface area contributed by atoms with Crippen molar-refractivity contribution in [2.75, 3.05) is 25.5 Å². The van der Waals surface area contributed by atoms with Crippen LogP contribution in [0.1, 0.15) is 19.7 Å². The van der Waals surface area contributed by atoms with Crippen LogP contribution in [-0.2, 0) is 0 Å². The number of hydrogen-bond acceptors (Lipinski definition) is 5. The van der Waals surface area contributed by atoms with Gasteiger partial charge in [-0.2, -0.15) is 0 Å². The number of aryl methyl sites for hydroxylation is 1. The molecule has 0 aliphatic rings. The van der Waals surface area contributed by atoms with Crippen LogP contribution in [0.4, 0.5) is 5.82 Å². The molecule has 1 N–H and O–H groups in total. The lowest BCUT2D eigenvalue weighted by Crippen LogP contribution is -2.31. The molecule has 0 aromatic carbocycles. The van der Waals surface area contributed by atoms with Gasteiger partial charge in [-0.1, -0.05) is 0 Å². The molecule has 18 heavy (non-hydrogen) atoms. The van der Waals surface area contributed by atoms with Gasteiger partial charge in [0.2, 0.25) is 5.65 Å². The highest BCUT2D eigenvalue weighted by Crippen LogP contribution is 2.11. The summed E-state index contributed by atoms with van der Waals surface area (Å²) >= 11 is 0. The molecule has 0 saturated carbocycles. The van der Waals surface area contributed by atoms with Crippen LogP contribution in [0, 0.1) is 6.92 Å². The number of hydrogen-bond donors (Lipinski definition) is 1. The first-order chi connectivity index (χ1) is 8.59. The molecule has 2 aromatic heterocycles. The van der Waals surface area contributed by atoms with Crippen LogP contribution >= 0.6 is 0 Å². The summed E-state index contributed by atoms with van der Waals surface area (Å²) in [6.45, 7) is 8.10. The third kappa shape index (κ3) is 2.59. The first kappa shape index (κ1) is 12.8. The smallest absolute Gasteiger partial charge is 0.203 e. The van der Waals surface area contributed by atoms with E-state index < -0.39 is 0 Å². The summed E-state index contributed by atoms with van der Waals surface area (Å²) in [6, 6.07) is 0.547. The van der Waals surface area contributed by atoms with Gasteiger partial charge >= 0.3 is 0 Å². The predicted molar refractivity (Wildman–Crippen MR) is 71.8 cm³/mol. The van der Waals surface area contributed by atoms with E-state index in [-0.39, 0.29) is 0 Å². The molecule has 0 unspecified atom stereocenters. The molecule has 2 aromatic rings. The quantitative estimate of drug-likeness (QED) is 0.861. The maximum Gasteiger partial charge on any atom is 0.203 e. The van der Waals surface area contributed by atoms with Gasteiger partial charge in [-0.3, -0.25) is 4.40 Å². The van der Waals surface area contributed by atoms with Gasteiger partial charge in [0.1, 0.15) is 5.82 Å². The average molecular weight is 248 g/mol. The summed E-state index contributed by atoms with van der Waals surface area (Å²) in [7, 11) is 2.11. The standard InChI is InChI=1S/C12H20N6/c1-9(2)17(4)7-5-13-11-12-16-15-10(3)18(12)8-6-14-11/h6,8-9H,5,7H2,1-4H3,(H,13,14). The number of fused-ring (bicyclic) bond motifs is 1. The van der Waals surface area contributed by atoms with Crippen LogP contribution in [0.5, 0.6) is 0 Å². The molecule has 2 rings (SSSR count). The predicted octanol–water partition coefficient (Wildman–Crippen LogP) is 1.18. The molecule has 98 valence electrons. The van der Waals surface area contributed by atoms with Gasteiger partial charge in [-0.25, -0.2) is 4.98 Å². The minimum atomic E-state index is 0.547. The summed E-state index contributed by atoms with van der Waals surface area (Å²) in [5.74, 6) is 1.66. The summed E-state index contributed by atoms with van der Waals surface area (Å²) in [6.07, 6.45) is 3.63. The second-order valence-corrected chi connectivity index (χ2v) is 4.72. The van der Waals surface area contributed by atoms with E-state index in [1.807, 2.05) is 17.5 Å². The number of likely N-dealkylation sites (N-methyl/N-ethyl adjacent to an activating group) is 1. The molecule has 0 bridgehead atoms. The Balaban J connectivity index is 2.04. The van der Waals surface area contributed by atoms with Crippen LogP contribution in [0.2, 0.25) is 0 Å². The van der Waals surface area contributed by atoms with E-state index in [9.17, 15) is 0 Å². The largest absolute Gasteiger partial charge is 0.366 e. The van der Waals surface area contributed by atoms with Gasteiger partial charge in [-0.05, 0) is 27.8 Å². The van der Waals surface area contributed by atoms with Crippen LogP contribution in [0.3, 0.4) is 0 Å². The minimum absolute atomic E-state index is 0.547. The van der Waals surface area contributed by atoms with Crippen molar-refractivity contribution in [1.29, 1.82) is 0 Å². The van der Waals surface area contributed by atoms with Gasteiger partial charge in [0.25, 0.3) is 0 Å². The molecular weight excluding hydrogens is 228 g/mol. The normalized spacial score (nSPS) is 11.7. The molecule has 6 nitrogen and oxygen atoms in total. The molecule has 6 heteroatoms. The Bertz CT molecular complexity index is 518. The second-order valence-electron chi connectivity index (χ2n) is 4.72. The topological polar surface area (TPSA) is 58.4 Å². The highest BCUT2D eigenvalue weighted by atomic mass is 15.3. The van der Waals surface area contributed by atoms with Crippen molar-refractivity contribution in [3.05, 3.63) is 18.2 Å². The SMILES string of the molecule is Cc1nnc2c(NCCN(C)C(C)C)nccn12. The van der Waals surface area contributed by atoms with Crippen LogP contribution in [0.15, 0.2) is 12.4 Å². The van der Waals surface area contributed by atoms with E-state index in [4.69, 9.17) is 0 Å². The molecule has 0 saturated heterocycles. The lowest BCUT2D eigenvalue weighted by molar-refractivity contribution is 0.284. The molecule has 0 amide bonds. The van der Waals surface area contributed by atoms with Crippen molar-refractivity contribution < 1.29 is 0 Å². The maximum atomic E-state index is 4.31. The van der Waals surface area contributed by atoms with Crippen molar-refractivity contribution in [1.82, 2.24) is 24.5 Å². The summed E-state index contributed by atoms with van der Waals surface area (Å²) in [5.41, 5.74) is 0.780. The van der Waals surface area contributed by atoms with E-state index in [0.29, 0.717) is 6.04 Å². The molecule has 0 atom stereocenters. The zero-order chi connectivity index (χ0) is 13.1. The lowest BCUT2D eigenvalue weighted by atomic mass is 10.3. The lowest BCUT2D eigenvalue weighted by Gasteiger charge is -2.21. The molecule has 0 fully saturated rings. The number of aromatic nitrogens is 4. The fourth-order valence-corrected chi connectivity index (χ4v) is 1.68. The highest BCUT2D eigenvalue weighted by Gasteiger charge is 2.08. The fraction of sp³-hybridized carbons (Fsp3) is 0.583. The number of rotatable bonds is 5. The van der Waals surface area contributed by atoms with Crippen molar-refractivity contribution in [3.63, 3.8) is 0 Å². The summed E-state index contributed by atoms with van der Waals surface area (Å²) in [5, 5.41) is 11.5.